The van der Waals surface area contributed by atoms with Crippen LogP contribution in [0.15, 0.2) is 71.8 Å². The smallest absolute Gasteiger partial charge is 0.261 e. The lowest BCUT2D eigenvalue weighted by Crippen LogP contribution is -2.23. The van der Waals surface area contributed by atoms with Gasteiger partial charge in [0.15, 0.2) is 0 Å². The predicted octanol–water partition coefficient (Wildman–Crippen LogP) is 3.95. The fraction of sp³-hybridized carbons (Fsp3) is 0.0909. The lowest BCUT2D eigenvalue weighted by atomic mass is 10.2. The predicted molar refractivity (Wildman–Crippen MR) is 115 cm³/mol. The zero-order valence-electron chi connectivity index (χ0n) is 16.2. The second kappa shape index (κ2) is 9.36. The SMILES string of the molecule is O=C(Cn1nnc2ccccc21)N/N=C\c1cc(Cl)ccc1OCc1cccc(F)c1. The lowest BCUT2D eigenvalue weighted by Gasteiger charge is -2.10. The fourth-order valence-corrected chi connectivity index (χ4v) is 3.10. The van der Waals surface area contributed by atoms with Crippen LogP contribution in [0.3, 0.4) is 0 Å². The Morgan fingerprint density at radius 3 is 2.90 bits per heavy atom. The molecule has 0 fully saturated rings. The van der Waals surface area contributed by atoms with E-state index in [0.717, 1.165) is 5.52 Å². The van der Waals surface area contributed by atoms with E-state index in [0.29, 0.717) is 27.4 Å². The number of halogens is 2. The van der Waals surface area contributed by atoms with Gasteiger partial charge in [-0.15, -0.1) is 5.10 Å². The Hall–Kier alpha value is -3.78. The minimum Gasteiger partial charge on any atom is -0.488 e. The van der Waals surface area contributed by atoms with Crippen molar-refractivity contribution in [1.29, 1.82) is 0 Å². The van der Waals surface area contributed by atoms with Crippen LogP contribution in [-0.2, 0) is 17.9 Å². The number of fused-ring (bicyclic) bond motifs is 1. The minimum atomic E-state index is -0.365. The Bertz CT molecular complexity index is 1260. The molecule has 0 saturated heterocycles. The number of carbonyl (C=O) groups is 1. The average molecular weight is 438 g/mol. The van der Waals surface area contributed by atoms with Crippen LogP contribution < -0.4 is 10.2 Å². The van der Waals surface area contributed by atoms with Gasteiger partial charge < -0.3 is 4.74 Å². The van der Waals surface area contributed by atoms with Gasteiger partial charge in [-0.3, -0.25) is 4.79 Å². The summed E-state index contributed by atoms with van der Waals surface area (Å²) in [5, 5.41) is 12.5. The number of benzene rings is 3. The summed E-state index contributed by atoms with van der Waals surface area (Å²) in [6.45, 7) is 0.141. The molecule has 1 aromatic heterocycles. The highest BCUT2D eigenvalue weighted by Gasteiger charge is 2.08. The van der Waals surface area contributed by atoms with Gasteiger partial charge >= 0.3 is 0 Å². The molecule has 0 spiro atoms. The standard InChI is InChI=1S/C22H17ClFN5O2/c23-17-8-9-21(31-14-15-4-3-5-18(24)10-15)16(11-17)12-25-27-22(30)13-29-20-7-2-1-6-19(20)26-28-29/h1-12H,13-14H2,(H,27,30)/b25-12-. The lowest BCUT2D eigenvalue weighted by molar-refractivity contribution is -0.121. The summed E-state index contributed by atoms with van der Waals surface area (Å²) in [4.78, 5) is 12.2. The molecule has 0 radical (unpaired) electrons. The number of nitrogens with one attached hydrogen (secondary N) is 1. The van der Waals surface area contributed by atoms with Crippen molar-refractivity contribution in [3.8, 4) is 5.75 Å². The van der Waals surface area contributed by atoms with Gasteiger partial charge in [0.25, 0.3) is 5.91 Å². The average Bonchev–Trinajstić information content (AvgIpc) is 3.16. The number of carbonyl (C=O) groups excluding carboxylic acids is 1. The maximum atomic E-state index is 13.3. The van der Waals surface area contributed by atoms with Crippen molar-refractivity contribution in [1.82, 2.24) is 20.4 Å². The highest BCUT2D eigenvalue weighted by atomic mass is 35.5. The Kier molecular flexibility index (Phi) is 6.18. The van der Waals surface area contributed by atoms with E-state index in [9.17, 15) is 9.18 Å². The number of hydrogen-bond acceptors (Lipinski definition) is 5. The van der Waals surface area contributed by atoms with E-state index in [-0.39, 0.29) is 24.9 Å². The molecule has 0 saturated carbocycles. The van der Waals surface area contributed by atoms with E-state index < -0.39 is 0 Å². The molecule has 4 aromatic rings. The zero-order chi connectivity index (χ0) is 21.6. The molecule has 0 atom stereocenters. The summed E-state index contributed by atoms with van der Waals surface area (Å²) in [5.41, 5.74) is 5.17. The molecule has 0 bridgehead atoms. The normalized spacial score (nSPS) is 11.2. The molecular weight excluding hydrogens is 421 g/mol. The van der Waals surface area contributed by atoms with Crippen molar-refractivity contribution in [2.24, 2.45) is 5.10 Å². The molecule has 156 valence electrons. The van der Waals surface area contributed by atoms with Crippen LogP contribution in [0.4, 0.5) is 4.39 Å². The van der Waals surface area contributed by atoms with Crippen LogP contribution in [0.5, 0.6) is 5.75 Å². The number of nitrogens with zero attached hydrogens (tertiary/aromatic N) is 4. The molecule has 31 heavy (non-hydrogen) atoms. The molecule has 0 unspecified atom stereocenters. The topological polar surface area (TPSA) is 81.4 Å². The third kappa shape index (κ3) is 5.23. The monoisotopic (exact) mass is 437 g/mol. The number of amides is 1. The summed E-state index contributed by atoms with van der Waals surface area (Å²) in [7, 11) is 0. The van der Waals surface area contributed by atoms with Crippen LogP contribution in [0.2, 0.25) is 5.02 Å². The molecular formula is C22H17ClFN5O2. The number of hydrazone groups is 1. The molecule has 1 amide bonds. The summed E-state index contributed by atoms with van der Waals surface area (Å²) in [6.07, 6.45) is 1.43. The van der Waals surface area contributed by atoms with Gasteiger partial charge in [-0.25, -0.2) is 14.5 Å². The summed E-state index contributed by atoms with van der Waals surface area (Å²) < 4.78 is 20.6. The Labute approximate surface area is 182 Å². The van der Waals surface area contributed by atoms with Crippen LogP contribution >= 0.6 is 11.6 Å². The largest absolute Gasteiger partial charge is 0.488 e. The van der Waals surface area contributed by atoms with E-state index in [1.54, 1.807) is 30.3 Å². The molecule has 9 heteroatoms. The van der Waals surface area contributed by atoms with Gasteiger partial charge in [0.05, 0.1) is 11.7 Å². The maximum absolute atomic E-state index is 13.3. The maximum Gasteiger partial charge on any atom is 0.261 e. The van der Waals surface area contributed by atoms with Crippen molar-refractivity contribution >= 4 is 34.8 Å². The number of para-hydroxylation sites is 1. The molecule has 7 nitrogen and oxygen atoms in total. The van der Waals surface area contributed by atoms with Crippen molar-refractivity contribution < 1.29 is 13.9 Å². The summed E-state index contributed by atoms with van der Waals surface area (Å²) in [5.74, 6) is -0.202. The van der Waals surface area contributed by atoms with Crippen molar-refractivity contribution in [2.75, 3.05) is 0 Å². The fourth-order valence-electron chi connectivity index (χ4n) is 2.92. The van der Waals surface area contributed by atoms with Gasteiger partial charge in [0, 0.05) is 10.6 Å². The highest BCUT2D eigenvalue weighted by Crippen LogP contribution is 2.22. The van der Waals surface area contributed by atoms with Crippen LogP contribution in [0, 0.1) is 5.82 Å². The first-order valence-corrected chi connectivity index (χ1v) is 9.73. The quantitative estimate of drug-likeness (QED) is 0.350. The number of ether oxygens (including phenoxy) is 1. The van der Waals surface area contributed by atoms with Crippen LogP contribution in [0.25, 0.3) is 11.0 Å². The van der Waals surface area contributed by atoms with E-state index in [1.165, 1.54) is 23.0 Å². The van der Waals surface area contributed by atoms with Crippen molar-refractivity contribution in [3.05, 3.63) is 88.7 Å². The molecule has 3 aromatic carbocycles. The van der Waals surface area contributed by atoms with Crippen molar-refractivity contribution in [3.63, 3.8) is 0 Å². The van der Waals surface area contributed by atoms with E-state index >= 15 is 0 Å². The third-order valence-corrected chi connectivity index (χ3v) is 4.60. The molecule has 4 rings (SSSR count). The van der Waals surface area contributed by atoms with Crippen LogP contribution in [0.1, 0.15) is 11.1 Å². The van der Waals surface area contributed by atoms with Gasteiger partial charge in [0.1, 0.15) is 30.2 Å². The Morgan fingerprint density at radius 1 is 1.16 bits per heavy atom. The van der Waals surface area contributed by atoms with Gasteiger partial charge in [-0.2, -0.15) is 5.10 Å². The third-order valence-electron chi connectivity index (χ3n) is 4.36. The molecule has 0 aliphatic rings. The molecule has 1 heterocycles. The Morgan fingerprint density at radius 2 is 2.03 bits per heavy atom. The highest BCUT2D eigenvalue weighted by molar-refractivity contribution is 6.30. The second-order valence-corrected chi connectivity index (χ2v) is 7.07. The van der Waals surface area contributed by atoms with E-state index in [1.807, 2.05) is 24.3 Å². The Balaban J connectivity index is 1.41. The van der Waals surface area contributed by atoms with Gasteiger partial charge in [-0.05, 0) is 48.0 Å². The number of rotatable bonds is 7. The van der Waals surface area contributed by atoms with E-state index in [4.69, 9.17) is 16.3 Å². The molecule has 0 aliphatic carbocycles. The zero-order valence-corrected chi connectivity index (χ0v) is 17.0. The first kappa shape index (κ1) is 20.5. The van der Waals surface area contributed by atoms with Gasteiger partial charge in [-0.1, -0.05) is 41.1 Å². The van der Waals surface area contributed by atoms with Crippen LogP contribution in [-0.4, -0.2) is 27.1 Å². The summed E-state index contributed by atoms with van der Waals surface area (Å²) >= 11 is 6.07. The van der Waals surface area contributed by atoms with E-state index in [2.05, 4.69) is 20.8 Å². The number of aromatic nitrogens is 3. The summed E-state index contributed by atoms with van der Waals surface area (Å²) in [6, 6.07) is 18.5. The molecule has 1 N–H and O–H groups in total. The first-order valence-electron chi connectivity index (χ1n) is 9.35. The molecule has 0 aliphatic heterocycles. The number of hydrogen-bond donors (Lipinski definition) is 1. The van der Waals surface area contributed by atoms with Crippen molar-refractivity contribution in [2.45, 2.75) is 13.2 Å². The first-order chi connectivity index (χ1) is 15.1. The van der Waals surface area contributed by atoms with Gasteiger partial charge in [0.2, 0.25) is 0 Å². The minimum absolute atomic E-state index is 0.0314. The second-order valence-electron chi connectivity index (χ2n) is 6.63.